The summed E-state index contributed by atoms with van der Waals surface area (Å²) in [7, 11) is -4.26. The molecule has 2 aliphatic rings. The summed E-state index contributed by atoms with van der Waals surface area (Å²) in [5, 5.41) is 12.4. The predicted octanol–water partition coefficient (Wildman–Crippen LogP) is 4.19. The van der Waals surface area contributed by atoms with Crippen molar-refractivity contribution in [2.45, 2.75) is 46.2 Å². The van der Waals surface area contributed by atoms with E-state index in [-0.39, 0.29) is 6.61 Å². The van der Waals surface area contributed by atoms with Crippen LogP contribution in [0.2, 0.25) is 0 Å². The topological polar surface area (TPSA) is 129 Å². The summed E-state index contributed by atoms with van der Waals surface area (Å²) < 4.78 is 29.9. The first-order valence-corrected chi connectivity index (χ1v) is 15.0. The van der Waals surface area contributed by atoms with Crippen molar-refractivity contribution in [2.75, 3.05) is 6.61 Å². The minimum absolute atomic E-state index is 0.168. The van der Waals surface area contributed by atoms with Crippen LogP contribution in [0.25, 0.3) is 11.2 Å². The van der Waals surface area contributed by atoms with Gasteiger partial charge in [0.15, 0.2) is 17.0 Å². The van der Waals surface area contributed by atoms with Crippen LogP contribution in [-0.2, 0) is 29.9 Å². The van der Waals surface area contributed by atoms with Gasteiger partial charge in [-0.05, 0) is 11.1 Å². The lowest BCUT2D eigenvalue weighted by Gasteiger charge is -2.27. The maximum atomic E-state index is 12.0. The number of aromatic nitrogens is 4. The van der Waals surface area contributed by atoms with Crippen molar-refractivity contribution in [1.82, 2.24) is 19.5 Å². The summed E-state index contributed by atoms with van der Waals surface area (Å²) in [5.41, 5.74) is 3.35. The number of aliphatic hydroxyl groups is 1. The molecule has 5 atom stereocenters. The Balaban J connectivity index is 1.36. The zero-order valence-corrected chi connectivity index (χ0v) is 21.9. The number of hydrogen-bond donors (Lipinski definition) is 2. The zero-order valence-electron chi connectivity index (χ0n) is 19.4. The molecule has 2 N–H and O–H groups in total. The Morgan fingerprint density at radius 2 is 1.68 bits per heavy atom. The van der Waals surface area contributed by atoms with Gasteiger partial charge in [-0.3, -0.25) is 13.6 Å². The Morgan fingerprint density at radius 1 is 1.00 bits per heavy atom. The molecule has 10 nitrogen and oxygen atoms in total. The maximum absolute atomic E-state index is 12.0. The van der Waals surface area contributed by atoms with Crippen molar-refractivity contribution in [1.29, 1.82) is 0 Å². The molecule has 192 valence electrons. The van der Waals surface area contributed by atoms with Crippen molar-refractivity contribution >= 4 is 42.5 Å². The van der Waals surface area contributed by atoms with Crippen LogP contribution in [0, 0.1) is 0 Å². The van der Waals surface area contributed by atoms with Crippen LogP contribution in [0.5, 0.6) is 0 Å². The summed E-state index contributed by atoms with van der Waals surface area (Å²) in [5.74, 6) is 1.33. The number of aliphatic hydroxyl groups excluding tert-OH is 1. The van der Waals surface area contributed by atoms with E-state index in [0.29, 0.717) is 32.9 Å². The summed E-state index contributed by atoms with van der Waals surface area (Å²) >= 11 is 3.03. The van der Waals surface area contributed by atoms with Crippen LogP contribution in [0.15, 0.2) is 77.2 Å². The van der Waals surface area contributed by atoms with Gasteiger partial charge in [-0.2, -0.15) is 0 Å². The molecule has 0 amide bonds. The zero-order chi connectivity index (χ0) is 25.4. The molecule has 0 radical (unpaired) electrons. The monoisotopic (exact) mass is 558 g/mol. The van der Waals surface area contributed by atoms with Gasteiger partial charge in [-0.1, -0.05) is 84.2 Å². The molecular weight excluding hydrogens is 535 g/mol. The highest BCUT2D eigenvalue weighted by molar-refractivity contribution is 7.98. The quantitative estimate of drug-likeness (QED) is 0.192. The van der Waals surface area contributed by atoms with Gasteiger partial charge in [-0.25, -0.2) is 19.5 Å². The normalized spacial score (nSPS) is 27.4. The molecule has 0 aliphatic carbocycles. The molecule has 2 aromatic heterocycles. The number of rotatable bonds is 7. The second kappa shape index (κ2) is 10.5. The van der Waals surface area contributed by atoms with E-state index in [9.17, 15) is 14.6 Å². The van der Waals surface area contributed by atoms with Crippen LogP contribution < -0.4 is 0 Å². The highest BCUT2D eigenvalue weighted by Crippen LogP contribution is 2.53. The fraction of sp³-hybridized carbons (Fsp3) is 0.292. The number of thioether (sulfide) groups is 2. The highest BCUT2D eigenvalue weighted by Gasteiger charge is 2.53. The van der Waals surface area contributed by atoms with E-state index in [1.54, 1.807) is 16.3 Å². The average Bonchev–Trinajstić information content (AvgIpc) is 3.44. The van der Waals surface area contributed by atoms with E-state index >= 15 is 0 Å². The minimum Gasteiger partial charge on any atom is -0.386 e. The molecule has 0 spiro atoms. The number of phosphoric acid groups is 1. The predicted molar refractivity (Wildman–Crippen MR) is 138 cm³/mol. The van der Waals surface area contributed by atoms with E-state index < -0.39 is 32.4 Å². The highest BCUT2D eigenvalue weighted by atomic mass is 32.2. The molecule has 6 rings (SSSR count). The van der Waals surface area contributed by atoms with Crippen LogP contribution in [0.1, 0.15) is 17.4 Å². The summed E-state index contributed by atoms with van der Waals surface area (Å²) in [6, 6.07) is 20.0. The molecule has 5 unspecified atom stereocenters. The van der Waals surface area contributed by atoms with Gasteiger partial charge in [-0.15, -0.1) is 0 Å². The Kier molecular flexibility index (Phi) is 7.08. The van der Waals surface area contributed by atoms with E-state index in [4.69, 9.17) is 18.8 Å². The molecule has 13 heteroatoms. The van der Waals surface area contributed by atoms with Gasteiger partial charge in [0.1, 0.15) is 35.2 Å². The van der Waals surface area contributed by atoms with Crippen molar-refractivity contribution in [3.63, 3.8) is 0 Å². The molecule has 2 saturated heterocycles. The number of phosphoric ester groups is 1. The second-order valence-corrected chi connectivity index (χ2v) is 11.9. The van der Waals surface area contributed by atoms with Crippen LogP contribution >= 0.6 is 31.3 Å². The van der Waals surface area contributed by atoms with Gasteiger partial charge in [0.05, 0.1) is 6.61 Å². The molecule has 0 saturated carbocycles. The number of nitrogens with zero attached hydrogens (tertiary/aromatic N) is 4. The Hall–Kier alpha value is -2.28. The van der Waals surface area contributed by atoms with E-state index in [1.807, 2.05) is 48.5 Å². The number of hydrogen-bond acceptors (Lipinski definition) is 10. The Morgan fingerprint density at radius 3 is 2.38 bits per heavy atom. The lowest BCUT2D eigenvalue weighted by Crippen LogP contribution is -2.39. The number of benzene rings is 2. The molecule has 4 heterocycles. The number of imidazole rings is 1. The molecule has 0 bridgehead atoms. The second-order valence-electron chi connectivity index (χ2n) is 8.55. The third-order valence-corrected chi connectivity index (χ3v) is 9.12. The molecule has 37 heavy (non-hydrogen) atoms. The first kappa shape index (κ1) is 25.0. The fourth-order valence-corrected chi connectivity index (χ4v) is 7.13. The van der Waals surface area contributed by atoms with Crippen molar-refractivity contribution in [3.05, 3.63) is 78.1 Å². The third kappa shape index (κ3) is 5.21. The number of fused-ring (bicyclic) bond motifs is 2. The lowest BCUT2D eigenvalue weighted by atomic mass is 10.1. The van der Waals surface area contributed by atoms with Crippen LogP contribution in [-0.4, -0.2) is 54.4 Å². The van der Waals surface area contributed by atoms with E-state index in [2.05, 4.69) is 22.1 Å². The first-order valence-electron chi connectivity index (χ1n) is 11.5. The fourth-order valence-electron chi connectivity index (χ4n) is 4.30. The van der Waals surface area contributed by atoms with Crippen molar-refractivity contribution in [2.24, 2.45) is 0 Å². The van der Waals surface area contributed by atoms with E-state index in [1.165, 1.54) is 18.1 Å². The molecule has 4 aromatic rings. The van der Waals surface area contributed by atoms with Gasteiger partial charge in [0, 0.05) is 11.5 Å². The average molecular weight is 559 g/mol. The Bertz CT molecular complexity index is 1440. The van der Waals surface area contributed by atoms with Gasteiger partial charge in [0.25, 0.3) is 0 Å². The third-order valence-electron chi connectivity index (χ3n) is 6.06. The Labute approximate surface area is 221 Å². The largest absolute Gasteiger partial charge is 0.472 e. The molecule has 2 fully saturated rings. The summed E-state index contributed by atoms with van der Waals surface area (Å²) in [4.78, 5) is 23.6. The van der Waals surface area contributed by atoms with E-state index in [0.717, 1.165) is 11.1 Å². The first-order chi connectivity index (χ1) is 18.0. The van der Waals surface area contributed by atoms with Gasteiger partial charge >= 0.3 is 7.82 Å². The molecular formula is C24H23N4O6PS2. The van der Waals surface area contributed by atoms with Crippen LogP contribution in [0.3, 0.4) is 0 Å². The minimum atomic E-state index is -4.26. The van der Waals surface area contributed by atoms with Gasteiger partial charge in [0.2, 0.25) is 0 Å². The SMILES string of the molecule is O=P1(O)OCC2OC(n3c(SCc4ccccc4)nc4c(SCc5ccccc5)ncnc43)C(O)C2O1. The number of ether oxygens (including phenoxy) is 1. The van der Waals surface area contributed by atoms with Crippen molar-refractivity contribution < 1.29 is 28.3 Å². The maximum Gasteiger partial charge on any atom is 0.472 e. The molecule has 2 aliphatic heterocycles. The summed E-state index contributed by atoms with van der Waals surface area (Å²) in [6.07, 6.45) is -2.45. The standard InChI is InChI=1S/C24H23N4O6PS2/c29-19-20-17(11-32-35(30,31)34-20)33-23(19)28-21-18(27-24(28)37-13-16-9-5-2-6-10-16)22(26-14-25-21)36-12-15-7-3-1-4-8-15/h1-10,14,17,19-20,23,29H,11-13H2,(H,30,31). The summed E-state index contributed by atoms with van der Waals surface area (Å²) in [6.45, 7) is -0.168. The smallest absolute Gasteiger partial charge is 0.386 e. The molecule has 2 aromatic carbocycles. The lowest BCUT2D eigenvalue weighted by molar-refractivity contribution is -0.0684. The van der Waals surface area contributed by atoms with Crippen LogP contribution in [0.4, 0.5) is 0 Å². The van der Waals surface area contributed by atoms with Gasteiger partial charge < -0.3 is 14.7 Å². The van der Waals surface area contributed by atoms with Crippen molar-refractivity contribution in [3.8, 4) is 0 Å².